The van der Waals surface area contributed by atoms with Crippen LogP contribution in [0.25, 0.3) is 0 Å². The van der Waals surface area contributed by atoms with Crippen LogP contribution in [0.1, 0.15) is 0 Å². The normalized spacial score (nSPS) is 17.1. The van der Waals surface area contributed by atoms with Crippen molar-refractivity contribution in [1.29, 1.82) is 0 Å². The molecule has 0 amide bonds. The first kappa shape index (κ1) is 4.18. The van der Waals surface area contributed by atoms with E-state index in [0.29, 0.717) is 6.54 Å². The molecule has 0 aliphatic carbocycles. The van der Waals surface area contributed by atoms with Gasteiger partial charge < -0.3 is 0 Å². The first-order valence-electron chi connectivity index (χ1n) is 2.03. The third-order valence-corrected chi connectivity index (χ3v) is 0.570. The lowest BCUT2D eigenvalue weighted by molar-refractivity contribution is 1.12. The van der Waals surface area contributed by atoms with E-state index in [0.717, 1.165) is 0 Å². The van der Waals surface area contributed by atoms with Crippen molar-refractivity contribution in [3.63, 3.8) is 0 Å². The first-order chi connectivity index (χ1) is 3.50. The van der Waals surface area contributed by atoms with Gasteiger partial charge in [-0.05, 0) is 0 Å². The summed E-state index contributed by atoms with van der Waals surface area (Å²) in [6.45, 7) is 0.604. The monoisotopic (exact) mass is 95.0 g/mol. The van der Waals surface area contributed by atoms with Crippen LogP contribution in [-0.2, 0) is 0 Å². The molecule has 0 aromatic carbocycles. The summed E-state index contributed by atoms with van der Waals surface area (Å²) in [6.07, 6.45) is 4.87. The largest absolute Gasteiger partial charge is 0.265 e. The number of azo groups is 1. The Labute approximate surface area is 41.5 Å². The Morgan fingerprint density at radius 2 is 2.29 bits per heavy atom. The zero-order chi connectivity index (χ0) is 4.95. The minimum atomic E-state index is 0.604. The van der Waals surface area contributed by atoms with Crippen molar-refractivity contribution in [3.05, 3.63) is 12.4 Å². The van der Waals surface area contributed by atoms with Crippen molar-refractivity contribution in [3.8, 4) is 0 Å². The molecular formula is C4H5N3. The average Bonchev–Trinajstić information content (AvgIpc) is 1.90. The maximum Gasteiger partial charge on any atom is 0.0955 e. The number of hydrogen-bond acceptors (Lipinski definition) is 3. The summed E-state index contributed by atoms with van der Waals surface area (Å²) in [4.78, 5) is 3.78. The zero-order valence-corrected chi connectivity index (χ0v) is 3.78. The van der Waals surface area contributed by atoms with Gasteiger partial charge in [0, 0.05) is 12.4 Å². The van der Waals surface area contributed by atoms with Gasteiger partial charge >= 0.3 is 0 Å². The van der Waals surface area contributed by atoms with Crippen LogP contribution in [0.15, 0.2) is 27.6 Å². The second-order valence-electron chi connectivity index (χ2n) is 1.07. The summed E-state index contributed by atoms with van der Waals surface area (Å²) < 4.78 is 0. The van der Waals surface area contributed by atoms with Crippen LogP contribution in [-0.4, -0.2) is 12.8 Å². The minimum Gasteiger partial charge on any atom is -0.265 e. The van der Waals surface area contributed by atoms with Gasteiger partial charge in [0.05, 0.1) is 12.7 Å². The van der Waals surface area contributed by atoms with Crippen molar-refractivity contribution in [2.45, 2.75) is 0 Å². The molecule has 3 nitrogen and oxygen atoms in total. The lowest BCUT2D eigenvalue weighted by Gasteiger charge is -1.68. The van der Waals surface area contributed by atoms with Gasteiger partial charge in [0.2, 0.25) is 0 Å². The van der Waals surface area contributed by atoms with E-state index in [-0.39, 0.29) is 0 Å². The fourth-order valence-corrected chi connectivity index (χ4v) is 0.307. The molecule has 1 aliphatic heterocycles. The Bertz CT molecular complexity index is 109. The van der Waals surface area contributed by atoms with E-state index in [2.05, 4.69) is 15.2 Å². The third kappa shape index (κ3) is 1.26. The molecule has 0 fully saturated rings. The van der Waals surface area contributed by atoms with Gasteiger partial charge in [-0.2, -0.15) is 10.2 Å². The summed E-state index contributed by atoms with van der Waals surface area (Å²) in [5.41, 5.74) is 0. The molecule has 7 heavy (non-hydrogen) atoms. The number of aliphatic imine (C=N–C) groups is 1. The van der Waals surface area contributed by atoms with Crippen LogP contribution in [0.4, 0.5) is 0 Å². The first-order valence-corrected chi connectivity index (χ1v) is 2.03. The average molecular weight is 95.1 g/mol. The van der Waals surface area contributed by atoms with Gasteiger partial charge in [0.25, 0.3) is 0 Å². The molecule has 3 heteroatoms. The Balaban J connectivity index is 2.60. The molecule has 1 rings (SSSR count). The van der Waals surface area contributed by atoms with Crippen LogP contribution in [0.3, 0.4) is 0 Å². The lowest BCUT2D eigenvalue weighted by atomic mass is 10.7. The molecule has 36 valence electrons. The molecule has 0 saturated carbocycles. The standard InChI is InChI=1S/C4H5N3/c1-3-6-7-4-2-5-1/h1-3H,4H2. The summed E-state index contributed by atoms with van der Waals surface area (Å²) >= 11 is 0. The van der Waals surface area contributed by atoms with Crippen molar-refractivity contribution in [2.75, 3.05) is 6.54 Å². The molecule has 0 aromatic heterocycles. The van der Waals surface area contributed by atoms with Crippen molar-refractivity contribution >= 4 is 6.21 Å². The van der Waals surface area contributed by atoms with E-state index >= 15 is 0 Å². The van der Waals surface area contributed by atoms with Gasteiger partial charge in [-0.25, -0.2) is 0 Å². The van der Waals surface area contributed by atoms with E-state index in [1.54, 1.807) is 18.6 Å². The summed E-state index contributed by atoms with van der Waals surface area (Å²) in [7, 11) is 0. The molecular weight excluding hydrogens is 90.1 g/mol. The minimum absolute atomic E-state index is 0.604. The Hall–Kier alpha value is -0.990. The molecule has 0 spiro atoms. The fourth-order valence-electron chi connectivity index (χ4n) is 0.307. The van der Waals surface area contributed by atoms with Gasteiger partial charge in [-0.15, -0.1) is 0 Å². The van der Waals surface area contributed by atoms with Gasteiger partial charge in [0.1, 0.15) is 0 Å². The van der Waals surface area contributed by atoms with E-state index in [4.69, 9.17) is 0 Å². The Morgan fingerprint density at radius 1 is 1.29 bits per heavy atom. The summed E-state index contributed by atoms with van der Waals surface area (Å²) in [6, 6.07) is 0. The molecule has 0 bridgehead atoms. The van der Waals surface area contributed by atoms with Crippen LogP contribution < -0.4 is 0 Å². The van der Waals surface area contributed by atoms with E-state index in [1.807, 2.05) is 0 Å². The van der Waals surface area contributed by atoms with Crippen LogP contribution in [0.2, 0.25) is 0 Å². The highest BCUT2D eigenvalue weighted by Gasteiger charge is 1.72. The van der Waals surface area contributed by atoms with E-state index in [9.17, 15) is 0 Å². The summed E-state index contributed by atoms with van der Waals surface area (Å²) in [5, 5.41) is 7.25. The highest BCUT2D eigenvalue weighted by atomic mass is 15.1. The zero-order valence-electron chi connectivity index (χ0n) is 3.78. The van der Waals surface area contributed by atoms with Crippen molar-refractivity contribution < 1.29 is 0 Å². The smallest absolute Gasteiger partial charge is 0.0955 e. The van der Waals surface area contributed by atoms with Crippen LogP contribution >= 0.6 is 0 Å². The predicted octanol–water partition coefficient (Wildman–Crippen LogP) is 0.994. The SMILES string of the molecule is C1=CN=NCC=N1. The molecule has 1 heterocycles. The van der Waals surface area contributed by atoms with Gasteiger partial charge in [-0.3, -0.25) is 4.99 Å². The van der Waals surface area contributed by atoms with E-state index in [1.165, 1.54) is 0 Å². The number of rotatable bonds is 0. The number of hydrogen-bond donors (Lipinski definition) is 0. The summed E-state index contributed by atoms with van der Waals surface area (Å²) in [5.74, 6) is 0. The van der Waals surface area contributed by atoms with Crippen molar-refractivity contribution in [1.82, 2.24) is 0 Å². The Kier molecular flexibility index (Phi) is 1.33. The molecule has 0 atom stereocenters. The molecule has 1 aliphatic rings. The highest BCUT2D eigenvalue weighted by molar-refractivity contribution is 5.60. The second kappa shape index (κ2) is 2.23. The quantitative estimate of drug-likeness (QED) is 0.430. The van der Waals surface area contributed by atoms with Gasteiger partial charge in [0.15, 0.2) is 0 Å². The Morgan fingerprint density at radius 3 is 3.29 bits per heavy atom. The molecule has 0 radical (unpaired) electrons. The number of nitrogens with zero attached hydrogens (tertiary/aromatic N) is 3. The topological polar surface area (TPSA) is 37.1 Å². The van der Waals surface area contributed by atoms with Gasteiger partial charge in [-0.1, -0.05) is 0 Å². The van der Waals surface area contributed by atoms with Crippen molar-refractivity contribution in [2.24, 2.45) is 15.2 Å². The molecule has 0 N–H and O–H groups in total. The second-order valence-corrected chi connectivity index (χ2v) is 1.07. The van der Waals surface area contributed by atoms with E-state index < -0.39 is 0 Å². The molecule has 0 aromatic rings. The fraction of sp³-hybridized carbons (Fsp3) is 0.250. The van der Waals surface area contributed by atoms with Crippen LogP contribution in [0.5, 0.6) is 0 Å². The highest BCUT2D eigenvalue weighted by Crippen LogP contribution is 1.82. The molecule has 0 saturated heterocycles. The van der Waals surface area contributed by atoms with Crippen LogP contribution in [0, 0.1) is 0 Å². The maximum atomic E-state index is 3.78. The lowest BCUT2D eigenvalue weighted by Crippen LogP contribution is -1.73. The third-order valence-electron chi connectivity index (χ3n) is 0.570. The molecule has 0 unspecified atom stereocenters. The maximum absolute atomic E-state index is 3.78. The predicted molar refractivity (Wildman–Crippen MR) is 27.4 cm³/mol.